The molecule has 4 atom stereocenters. The van der Waals surface area contributed by atoms with Crippen LogP contribution in [0.3, 0.4) is 0 Å². The quantitative estimate of drug-likeness (QED) is 0.832. The highest BCUT2D eigenvalue weighted by Gasteiger charge is 2.38. The Balaban J connectivity index is 1.47. The Morgan fingerprint density at radius 2 is 2.17 bits per heavy atom. The Hall–Kier alpha value is -1.64. The van der Waals surface area contributed by atoms with Crippen LogP contribution in [0, 0.1) is 23.2 Å². The summed E-state index contributed by atoms with van der Waals surface area (Å²) in [5, 5.41) is 16.0. The molecule has 1 aromatic rings. The summed E-state index contributed by atoms with van der Waals surface area (Å²) in [7, 11) is 0. The summed E-state index contributed by atoms with van der Waals surface area (Å²) in [6.07, 6.45) is 3.97. The third-order valence-corrected chi connectivity index (χ3v) is 5.55. The third kappa shape index (κ3) is 3.82. The lowest BCUT2D eigenvalue weighted by atomic mass is 9.74. The zero-order valence-corrected chi connectivity index (χ0v) is 14.4. The standard InChI is InChI=1S/C18H24N4S/c1-2-14-12-22-8-7-15(14)9-17(22)11-20-18(23)21-16-5-3-13(10-19)4-6-16/h3-6,14-15,17H,2,7-9,11-12H2,1H3,(H2,20,21,23)/t14-,15+,17-/m1/s1. The zero-order valence-electron chi connectivity index (χ0n) is 13.6. The van der Waals surface area contributed by atoms with Crippen LogP contribution in [0.4, 0.5) is 5.69 Å². The Morgan fingerprint density at radius 1 is 1.39 bits per heavy atom. The SMILES string of the molecule is CC[C@@H]1CN2CC[C@H]1C[C@@H]2CNC(=S)Nc1ccc(C#N)cc1. The molecule has 0 amide bonds. The molecule has 3 fully saturated rings. The van der Waals surface area contributed by atoms with E-state index in [1.807, 2.05) is 12.1 Å². The van der Waals surface area contributed by atoms with Crippen LogP contribution in [0.2, 0.25) is 0 Å². The number of hydrogen-bond donors (Lipinski definition) is 2. The molecule has 0 aliphatic carbocycles. The van der Waals surface area contributed by atoms with E-state index < -0.39 is 0 Å². The number of anilines is 1. The van der Waals surface area contributed by atoms with Gasteiger partial charge in [-0.1, -0.05) is 13.3 Å². The number of thiocarbonyl (C=S) groups is 1. The first kappa shape index (κ1) is 16.2. The number of hydrogen-bond acceptors (Lipinski definition) is 3. The first-order valence-electron chi connectivity index (χ1n) is 8.48. The van der Waals surface area contributed by atoms with E-state index in [0.29, 0.717) is 16.7 Å². The minimum atomic E-state index is 0.609. The third-order valence-electron chi connectivity index (χ3n) is 5.31. The highest BCUT2D eigenvalue weighted by atomic mass is 32.1. The number of fused-ring (bicyclic) bond motifs is 3. The summed E-state index contributed by atoms with van der Waals surface area (Å²) >= 11 is 5.39. The van der Waals surface area contributed by atoms with Crippen LogP contribution in [-0.2, 0) is 0 Å². The van der Waals surface area contributed by atoms with Crippen molar-refractivity contribution in [3.05, 3.63) is 29.8 Å². The van der Waals surface area contributed by atoms with Gasteiger partial charge in [0.1, 0.15) is 0 Å². The molecule has 0 spiro atoms. The molecular weight excluding hydrogens is 304 g/mol. The molecule has 2 N–H and O–H groups in total. The van der Waals surface area contributed by atoms with E-state index in [0.717, 1.165) is 24.1 Å². The van der Waals surface area contributed by atoms with Gasteiger partial charge in [-0.15, -0.1) is 0 Å². The fourth-order valence-corrected chi connectivity index (χ4v) is 4.14. The van der Waals surface area contributed by atoms with E-state index in [1.54, 1.807) is 12.1 Å². The summed E-state index contributed by atoms with van der Waals surface area (Å²) in [6.45, 7) is 5.72. The van der Waals surface area contributed by atoms with E-state index in [1.165, 1.54) is 32.4 Å². The topological polar surface area (TPSA) is 51.1 Å². The Labute approximate surface area is 143 Å². The summed E-state index contributed by atoms with van der Waals surface area (Å²) in [4.78, 5) is 2.63. The molecule has 23 heavy (non-hydrogen) atoms. The molecular formula is C18H24N4S. The maximum Gasteiger partial charge on any atom is 0.170 e. The highest BCUT2D eigenvalue weighted by Crippen LogP contribution is 2.37. The monoisotopic (exact) mass is 328 g/mol. The van der Waals surface area contributed by atoms with Gasteiger partial charge in [0.15, 0.2) is 5.11 Å². The lowest BCUT2D eigenvalue weighted by molar-refractivity contribution is 0.00212. The molecule has 0 saturated carbocycles. The molecule has 1 unspecified atom stereocenters. The largest absolute Gasteiger partial charge is 0.361 e. The van der Waals surface area contributed by atoms with Crippen molar-refractivity contribution in [1.29, 1.82) is 5.26 Å². The maximum absolute atomic E-state index is 8.81. The van der Waals surface area contributed by atoms with Crippen LogP contribution >= 0.6 is 12.2 Å². The fraction of sp³-hybridized carbons (Fsp3) is 0.556. The number of nitrogens with one attached hydrogen (secondary N) is 2. The van der Waals surface area contributed by atoms with E-state index in [-0.39, 0.29) is 0 Å². The minimum Gasteiger partial charge on any atom is -0.361 e. The molecule has 3 aliphatic rings. The Morgan fingerprint density at radius 3 is 2.78 bits per heavy atom. The summed E-state index contributed by atoms with van der Waals surface area (Å²) in [5.74, 6) is 1.79. The second kappa shape index (κ2) is 7.29. The molecule has 3 heterocycles. The number of nitriles is 1. The minimum absolute atomic E-state index is 0.609. The van der Waals surface area contributed by atoms with Crippen molar-refractivity contribution in [3.63, 3.8) is 0 Å². The zero-order chi connectivity index (χ0) is 16.2. The smallest absolute Gasteiger partial charge is 0.170 e. The molecule has 4 rings (SSSR count). The highest BCUT2D eigenvalue weighted by molar-refractivity contribution is 7.80. The van der Waals surface area contributed by atoms with Crippen molar-refractivity contribution in [1.82, 2.24) is 10.2 Å². The van der Waals surface area contributed by atoms with E-state index in [2.05, 4.69) is 28.5 Å². The lowest BCUT2D eigenvalue weighted by Gasteiger charge is -2.50. The van der Waals surface area contributed by atoms with Gasteiger partial charge >= 0.3 is 0 Å². The van der Waals surface area contributed by atoms with Crippen molar-refractivity contribution < 1.29 is 0 Å². The Kier molecular flexibility index (Phi) is 5.14. The van der Waals surface area contributed by atoms with Gasteiger partial charge < -0.3 is 10.6 Å². The van der Waals surface area contributed by atoms with Crippen LogP contribution in [-0.4, -0.2) is 35.7 Å². The van der Waals surface area contributed by atoms with Crippen molar-refractivity contribution >= 4 is 23.0 Å². The number of nitrogens with zero attached hydrogens (tertiary/aromatic N) is 2. The van der Waals surface area contributed by atoms with E-state index in [4.69, 9.17) is 17.5 Å². The van der Waals surface area contributed by atoms with Crippen LogP contribution < -0.4 is 10.6 Å². The average Bonchev–Trinajstić information content (AvgIpc) is 2.61. The number of piperidine rings is 3. The fourth-order valence-electron chi connectivity index (χ4n) is 3.94. The average molecular weight is 328 g/mol. The van der Waals surface area contributed by atoms with Gasteiger partial charge in [0.05, 0.1) is 11.6 Å². The van der Waals surface area contributed by atoms with E-state index >= 15 is 0 Å². The van der Waals surface area contributed by atoms with Crippen LogP contribution in [0.15, 0.2) is 24.3 Å². The van der Waals surface area contributed by atoms with Gasteiger partial charge in [-0.2, -0.15) is 5.26 Å². The lowest BCUT2D eigenvalue weighted by Crippen LogP contribution is -2.56. The van der Waals surface area contributed by atoms with Gasteiger partial charge in [0.25, 0.3) is 0 Å². The van der Waals surface area contributed by atoms with Gasteiger partial charge in [0.2, 0.25) is 0 Å². The second-order valence-electron chi connectivity index (χ2n) is 6.63. The summed E-state index contributed by atoms with van der Waals surface area (Å²) in [5.41, 5.74) is 1.57. The van der Waals surface area contributed by atoms with Crippen LogP contribution in [0.1, 0.15) is 31.7 Å². The first-order valence-corrected chi connectivity index (χ1v) is 8.89. The number of benzene rings is 1. The van der Waals surface area contributed by atoms with Crippen molar-refractivity contribution in [2.24, 2.45) is 11.8 Å². The first-order chi connectivity index (χ1) is 11.2. The molecule has 122 valence electrons. The van der Waals surface area contributed by atoms with Gasteiger partial charge in [0, 0.05) is 24.8 Å². The molecule has 3 saturated heterocycles. The van der Waals surface area contributed by atoms with Gasteiger partial charge in [-0.05, 0) is 67.7 Å². The predicted octanol–water partition coefficient (Wildman–Crippen LogP) is 2.97. The second-order valence-corrected chi connectivity index (χ2v) is 7.03. The molecule has 4 nitrogen and oxygen atoms in total. The number of rotatable bonds is 4. The van der Waals surface area contributed by atoms with Crippen LogP contribution in [0.5, 0.6) is 0 Å². The van der Waals surface area contributed by atoms with Crippen molar-refractivity contribution in [2.45, 2.75) is 32.2 Å². The molecule has 5 heteroatoms. The summed E-state index contributed by atoms with van der Waals surface area (Å²) < 4.78 is 0. The van der Waals surface area contributed by atoms with Crippen molar-refractivity contribution in [2.75, 3.05) is 25.0 Å². The van der Waals surface area contributed by atoms with Gasteiger partial charge in [-0.25, -0.2) is 0 Å². The molecule has 0 aromatic heterocycles. The summed E-state index contributed by atoms with van der Waals surface area (Å²) in [6, 6.07) is 10.1. The van der Waals surface area contributed by atoms with Crippen molar-refractivity contribution in [3.8, 4) is 6.07 Å². The molecule has 1 aromatic carbocycles. The van der Waals surface area contributed by atoms with Crippen LogP contribution in [0.25, 0.3) is 0 Å². The Bertz CT molecular complexity index is 592. The molecule has 3 aliphatic heterocycles. The van der Waals surface area contributed by atoms with E-state index in [9.17, 15) is 0 Å². The maximum atomic E-state index is 8.81. The normalized spacial score (nSPS) is 28.9. The molecule has 0 radical (unpaired) electrons. The van der Waals surface area contributed by atoms with Gasteiger partial charge in [-0.3, -0.25) is 4.90 Å². The predicted molar refractivity (Wildman–Crippen MR) is 97.2 cm³/mol. The molecule has 2 bridgehead atoms.